The van der Waals surface area contributed by atoms with Crippen molar-refractivity contribution in [1.82, 2.24) is 10.6 Å². The predicted molar refractivity (Wildman–Crippen MR) is 81.3 cm³/mol. The van der Waals surface area contributed by atoms with Crippen LogP contribution in [0.5, 0.6) is 0 Å². The quantitative estimate of drug-likeness (QED) is 0.834. The van der Waals surface area contributed by atoms with Crippen molar-refractivity contribution < 1.29 is 19.1 Å². The molecule has 0 unspecified atom stereocenters. The van der Waals surface area contributed by atoms with Crippen LogP contribution in [0, 0.1) is 0 Å². The molecule has 118 valence electrons. The predicted octanol–water partition coefficient (Wildman–Crippen LogP) is 1.97. The van der Waals surface area contributed by atoms with Crippen LogP contribution in [0.25, 0.3) is 0 Å². The molecule has 1 aliphatic heterocycles. The average Bonchev–Trinajstić information content (AvgIpc) is 2.58. The number of rotatable bonds is 4. The highest BCUT2D eigenvalue weighted by Crippen LogP contribution is 2.11. The van der Waals surface area contributed by atoms with E-state index < -0.39 is 0 Å². The molecule has 0 aromatic heterocycles. The molecule has 1 fully saturated rings. The first kappa shape index (κ1) is 16.0. The van der Waals surface area contributed by atoms with E-state index in [9.17, 15) is 9.59 Å². The van der Waals surface area contributed by atoms with Gasteiger partial charge >= 0.3 is 12.0 Å². The number of benzene rings is 1. The van der Waals surface area contributed by atoms with Crippen LogP contribution in [0.3, 0.4) is 0 Å². The maximum Gasteiger partial charge on any atom is 0.337 e. The Morgan fingerprint density at radius 2 is 1.91 bits per heavy atom. The second-order valence-corrected chi connectivity index (χ2v) is 4.93. The molecule has 22 heavy (non-hydrogen) atoms. The van der Waals surface area contributed by atoms with Crippen LogP contribution in [0.15, 0.2) is 36.0 Å². The molecule has 1 saturated heterocycles. The molecule has 0 atom stereocenters. The van der Waals surface area contributed by atoms with Gasteiger partial charge < -0.3 is 20.1 Å². The van der Waals surface area contributed by atoms with Crippen LogP contribution in [-0.2, 0) is 16.0 Å². The summed E-state index contributed by atoms with van der Waals surface area (Å²) in [5.41, 5.74) is 2.57. The van der Waals surface area contributed by atoms with E-state index in [1.807, 2.05) is 0 Å². The van der Waals surface area contributed by atoms with Gasteiger partial charge in [0.05, 0.1) is 25.9 Å². The molecule has 1 aliphatic rings. The van der Waals surface area contributed by atoms with Gasteiger partial charge in [-0.3, -0.25) is 0 Å². The third-order valence-electron chi connectivity index (χ3n) is 3.37. The highest BCUT2D eigenvalue weighted by Gasteiger charge is 2.07. The van der Waals surface area contributed by atoms with Crippen molar-refractivity contribution in [2.75, 3.05) is 20.3 Å². The van der Waals surface area contributed by atoms with Gasteiger partial charge in [0.1, 0.15) is 0 Å². The Hall–Kier alpha value is -2.34. The number of methoxy groups -OCH3 is 1. The minimum atomic E-state index is -0.375. The molecule has 2 amide bonds. The van der Waals surface area contributed by atoms with E-state index in [1.165, 1.54) is 12.7 Å². The van der Waals surface area contributed by atoms with Gasteiger partial charge in [0.15, 0.2) is 0 Å². The van der Waals surface area contributed by atoms with E-state index in [1.54, 1.807) is 30.5 Å². The Bertz CT molecular complexity index is 544. The summed E-state index contributed by atoms with van der Waals surface area (Å²) in [5, 5.41) is 5.48. The van der Waals surface area contributed by atoms with Crippen LogP contribution in [-0.4, -0.2) is 32.3 Å². The summed E-state index contributed by atoms with van der Waals surface area (Å²) in [7, 11) is 1.34. The molecule has 0 bridgehead atoms. The van der Waals surface area contributed by atoms with Gasteiger partial charge in [-0.05, 0) is 36.1 Å². The molecule has 1 aromatic carbocycles. The molecular weight excluding hydrogens is 284 g/mol. The van der Waals surface area contributed by atoms with E-state index in [-0.39, 0.29) is 12.0 Å². The van der Waals surface area contributed by atoms with E-state index in [2.05, 4.69) is 15.4 Å². The number of carbonyl (C=O) groups excluding carboxylic acids is 2. The number of urea groups is 1. The maximum atomic E-state index is 11.7. The van der Waals surface area contributed by atoms with Crippen molar-refractivity contribution >= 4 is 12.0 Å². The van der Waals surface area contributed by atoms with Gasteiger partial charge in [0.25, 0.3) is 0 Å². The van der Waals surface area contributed by atoms with Gasteiger partial charge in [-0.25, -0.2) is 9.59 Å². The van der Waals surface area contributed by atoms with Crippen molar-refractivity contribution in [3.05, 3.63) is 47.2 Å². The smallest absolute Gasteiger partial charge is 0.337 e. The SMILES string of the molecule is COC(=O)c1ccc(CNC(=O)NC=C2CCOCC2)cc1. The van der Waals surface area contributed by atoms with Crippen LogP contribution >= 0.6 is 0 Å². The molecule has 0 radical (unpaired) electrons. The molecule has 0 spiro atoms. The first-order chi connectivity index (χ1) is 10.7. The number of hydrogen-bond acceptors (Lipinski definition) is 4. The zero-order valence-corrected chi connectivity index (χ0v) is 12.6. The van der Waals surface area contributed by atoms with Crippen LogP contribution in [0.4, 0.5) is 4.79 Å². The summed E-state index contributed by atoms with van der Waals surface area (Å²) in [6.45, 7) is 1.81. The number of ether oxygens (including phenoxy) is 2. The fraction of sp³-hybridized carbons (Fsp3) is 0.375. The molecule has 0 aliphatic carbocycles. The summed E-state index contributed by atoms with van der Waals surface area (Å²) < 4.78 is 9.87. The highest BCUT2D eigenvalue weighted by molar-refractivity contribution is 5.89. The lowest BCUT2D eigenvalue weighted by Crippen LogP contribution is -2.32. The average molecular weight is 304 g/mol. The zero-order valence-electron chi connectivity index (χ0n) is 12.6. The minimum Gasteiger partial charge on any atom is -0.465 e. The molecule has 2 N–H and O–H groups in total. The monoisotopic (exact) mass is 304 g/mol. The number of hydrogen-bond donors (Lipinski definition) is 2. The molecular formula is C16H20N2O4. The topological polar surface area (TPSA) is 76.7 Å². The van der Waals surface area contributed by atoms with Crippen molar-refractivity contribution in [1.29, 1.82) is 0 Å². The summed E-state index contributed by atoms with van der Waals surface area (Å²) >= 11 is 0. The maximum absolute atomic E-state index is 11.7. The Morgan fingerprint density at radius 1 is 1.23 bits per heavy atom. The number of carbonyl (C=O) groups is 2. The first-order valence-electron chi connectivity index (χ1n) is 7.16. The third kappa shape index (κ3) is 4.89. The largest absolute Gasteiger partial charge is 0.465 e. The van der Waals surface area contributed by atoms with Gasteiger partial charge in [-0.1, -0.05) is 12.1 Å². The highest BCUT2D eigenvalue weighted by atomic mass is 16.5. The lowest BCUT2D eigenvalue weighted by Gasteiger charge is -2.14. The Kier molecular flexibility index (Phi) is 5.97. The number of amides is 2. The normalized spacial score (nSPS) is 14.1. The first-order valence-corrected chi connectivity index (χ1v) is 7.16. The Balaban J connectivity index is 1.77. The van der Waals surface area contributed by atoms with Crippen LogP contribution in [0.1, 0.15) is 28.8 Å². The second kappa shape index (κ2) is 8.19. The molecule has 2 rings (SSSR count). The number of nitrogens with one attached hydrogen (secondary N) is 2. The second-order valence-electron chi connectivity index (χ2n) is 4.93. The number of esters is 1. The van der Waals surface area contributed by atoms with E-state index in [0.29, 0.717) is 25.3 Å². The van der Waals surface area contributed by atoms with Gasteiger partial charge in [0, 0.05) is 12.7 Å². The minimum absolute atomic E-state index is 0.254. The molecule has 0 saturated carbocycles. The summed E-state index contributed by atoms with van der Waals surface area (Å²) in [5.74, 6) is -0.375. The standard InChI is InChI=1S/C16H20N2O4/c1-21-15(19)14-4-2-12(3-5-14)10-17-16(20)18-11-13-6-8-22-9-7-13/h2-5,11H,6-10H2,1H3,(H2,17,18,20). The lowest BCUT2D eigenvalue weighted by molar-refractivity contribution is 0.0600. The van der Waals surface area contributed by atoms with E-state index >= 15 is 0 Å². The van der Waals surface area contributed by atoms with E-state index in [0.717, 1.165) is 18.4 Å². The van der Waals surface area contributed by atoms with Crippen molar-refractivity contribution in [3.63, 3.8) is 0 Å². The van der Waals surface area contributed by atoms with Crippen molar-refractivity contribution in [2.45, 2.75) is 19.4 Å². The van der Waals surface area contributed by atoms with Crippen molar-refractivity contribution in [3.8, 4) is 0 Å². The van der Waals surface area contributed by atoms with Gasteiger partial charge in [-0.15, -0.1) is 0 Å². The summed E-state index contributed by atoms with van der Waals surface area (Å²) in [4.78, 5) is 23.0. The molecule has 6 nitrogen and oxygen atoms in total. The fourth-order valence-corrected chi connectivity index (χ4v) is 2.06. The summed E-state index contributed by atoms with van der Waals surface area (Å²) in [6, 6.07) is 6.65. The zero-order chi connectivity index (χ0) is 15.8. The Morgan fingerprint density at radius 3 is 2.55 bits per heavy atom. The van der Waals surface area contributed by atoms with Gasteiger partial charge in [-0.2, -0.15) is 0 Å². The van der Waals surface area contributed by atoms with Crippen LogP contribution < -0.4 is 10.6 Å². The lowest BCUT2D eigenvalue weighted by atomic mass is 10.1. The molecule has 1 aromatic rings. The molecule has 6 heteroatoms. The summed E-state index contributed by atoms with van der Waals surface area (Å²) in [6.07, 6.45) is 3.46. The third-order valence-corrected chi connectivity index (χ3v) is 3.37. The van der Waals surface area contributed by atoms with Crippen molar-refractivity contribution in [2.24, 2.45) is 0 Å². The van der Waals surface area contributed by atoms with Crippen LogP contribution in [0.2, 0.25) is 0 Å². The fourth-order valence-electron chi connectivity index (χ4n) is 2.06. The van der Waals surface area contributed by atoms with E-state index in [4.69, 9.17) is 4.74 Å². The van der Waals surface area contributed by atoms with Gasteiger partial charge in [0.2, 0.25) is 0 Å². The molecule has 1 heterocycles. The Labute approximate surface area is 129 Å².